The molecule has 10 nitrogen and oxygen atoms in total. The molecule has 186 valence electrons. The molecule has 3 aromatic rings. The standard InChI is InChI=1S/C26H29N7O3/c1-3-12-31-17-23(34)32-18(2)25(35)30(15-21-11-7-10-20-14-28-29-24(20)21)16-22(32)33(31)26(36)27-13-19-8-5-4-6-9-19/h3-11,14,18,22H,1,12-13,15-17H2,2H3,(H,27,36)(H,28,29)/t18-,22-/m0/s1. The number of nitrogens with one attached hydrogen (secondary N) is 2. The Labute approximate surface area is 209 Å². The summed E-state index contributed by atoms with van der Waals surface area (Å²) in [7, 11) is 0. The van der Waals surface area contributed by atoms with Crippen LogP contribution in [-0.4, -0.2) is 79.7 Å². The van der Waals surface area contributed by atoms with Crippen LogP contribution in [0.4, 0.5) is 4.79 Å². The Hall–Kier alpha value is -4.18. The number of aromatic nitrogens is 2. The number of hydrogen-bond donors (Lipinski definition) is 2. The Morgan fingerprint density at radius 1 is 1.19 bits per heavy atom. The summed E-state index contributed by atoms with van der Waals surface area (Å²) >= 11 is 0. The van der Waals surface area contributed by atoms with E-state index in [1.807, 2.05) is 48.5 Å². The highest BCUT2D eigenvalue weighted by Crippen LogP contribution is 2.28. The summed E-state index contributed by atoms with van der Waals surface area (Å²) in [6, 6.07) is 14.4. The molecule has 2 saturated heterocycles. The number of hydrogen-bond acceptors (Lipinski definition) is 5. The van der Waals surface area contributed by atoms with Crippen molar-refractivity contribution in [2.24, 2.45) is 0 Å². The van der Waals surface area contributed by atoms with Gasteiger partial charge in [-0.25, -0.2) is 14.8 Å². The number of aromatic amines is 1. The van der Waals surface area contributed by atoms with Crippen LogP contribution in [0.15, 0.2) is 67.4 Å². The van der Waals surface area contributed by atoms with E-state index in [1.54, 1.807) is 34.1 Å². The molecule has 0 radical (unpaired) electrons. The predicted octanol–water partition coefficient (Wildman–Crippen LogP) is 2.08. The van der Waals surface area contributed by atoms with Gasteiger partial charge in [-0.1, -0.05) is 54.6 Å². The second-order valence-electron chi connectivity index (χ2n) is 9.05. The average molecular weight is 488 g/mol. The zero-order chi connectivity index (χ0) is 25.2. The molecule has 2 aliphatic rings. The lowest BCUT2D eigenvalue weighted by Gasteiger charge is -2.54. The fourth-order valence-corrected chi connectivity index (χ4v) is 5.03. The zero-order valence-corrected chi connectivity index (χ0v) is 20.1. The topological polar surface area (TPSA) is 105 Å². The van der Waals surface area contributed by atoms with Gasteiger partial charge in [-0.05, 0) is 18.1 Å². The van der Waals surface area contributed by atoms with E-state index in [1.165, 1.54) is 4.90 Å². The summed E-state index contributed by atoms with van der Waals surface area (Å²) in [5.74, 6) is -0.344. The molecule has 2 N–H and O–H groups in total. The number of rotatable bonds is 6. The number of nitrogens with zero attached hydrogens (tertiary/aromatic N) is 5. The number of urea groups is 1. The summed E-state index contributed by atoms with van der Waals surface area (Å²) in [5.41, 5.74) is 2.75. The third-order valence-corrected chi connectivity index (χ3v) is 6.74. The smallest absolute Gasteiger partial charge is 0.333 e. The van der Waals surface area contributed by atoms with Crippen molar-refractivity contribution in [3.63, 3.8) is 0 Å². The van der Waals surface area contributed by atoms with E-state index >= 15 is 0 Å². The van der Waals surface area contributed by atoms with Gasteiger partial charge in [-0.3, -0.25) is 14.7 Å². The summed E-state index contributed by atoms with van der Waals surface area (Å²) in [6.45, 7) is 6.70. The second kappa shape index (κ2) is 9.82. The summed E-state index contributed by atoms with van der Waals surface area (Å²) in [4.78, 5) is 43.2. The van der Waals surface area contributed by atoms with Crippen molar-refractivity contribution >= 4 is 28.7 Å². The number of hydrazine groups is 1. The van der Waals surface area contributed by atoms with Crippen LogP contribution in [0.25, 0.3) is 10.9 Å². The molecule has 0 saturated carbocycles. The van der Waals surface area contributed by atoms with E-state index in [0.717, 1.165) is 22.0 Å². The van der Waals surface area contributed by atoms with Gasteiger partial charge in [0.1, 0.15) is 12.2 Å². The van der Waals surface area contributed by atoms with E-state index in [9.17, 15) is 14.4 Å². The molecule has 10 heteroatoms. The predicted molar refractivity (Wildman–Crippen MR) is 134 cm³/mol. The van der Waals surface area contributed by atoms with Gasteiger partial charge in [-0.15, -0.1) is 6.58 Å². The van der Waals surface area contributed by atoms with Crippen LogP contribution in [0, 0.1) is 0 Å². The summed E-state index contributed by atoms with van der Waals surface area (Å²) < 4.78 is 0. The second-order valence-corrected chi connectivity index (χ2v) is 9.05. The highest BCUT2D eigenvalue weighted by Gasteiger charge is 2.49. The molecule has 0 aliphatic carbocycles. The van der Waals surface area contributed by atoms with E-state index in [-0.39, 0.29) is 30.9 Å². The van der Waals surface area contributed by atoms with E-state index in [4.69, 9.17) is 0 Å². The molecular formula is C26H29N7O3. The molecule has 5 rings (SSSR count). The van der Waals surface area contributed by atoms with Crippen molar-refractivity contribution in [2.45, 2.75) is 32.2 Å². The van der Waals surface area contributed by atoms with Gasteiger partial charge in [0.15, 0.2) is 0 Å². The maximum Gasteiger partial charge on any atom is 0.334 e. The van der Waals surface area contributed by atoms with Crippen LogP contribution in [0.2, 0.25) is 0 Å². The highest BCUT2D eigenvalue weighted by atomic mass is 16.2. The third kappa shape index (κ3) is 4.31. The number of carbonyl (C=O) groups excluding carboxylic acids is 3. The van der Waals surface area contributed by atoms with Crippen molar-refractivity contribution in [1.82, 2.24) is 35.3 Å². The molecule has 2 fully saturated rings. The van der Waals surface area contributed by atoms with Gasteiger partial charge < -0.3 is 15.1 Å². The third-order valence-electron chi connectivity index (χ3n) is 6.74. The number of para-hydroxylation sites is 1. The maximum atomic E-state index is 13.5. The first-order valence-electron chi connectivity index (χ1n) is 12.0. The molecule has 0 spiro atoms. The van der Waals surface area contributed by atoms with Crippen LogP contribution < -0.4 is 5.32 Å². The van der Waals surface area contributed by atoms with Crippen LogP contribution >= 0.6 is 0 Å². The first-order valence-corrected chi connectivity index (χ1v) is 12.0. The Morgan fingerprint density at radius 3 is 2.78 bits per heavy atom. The van der Waals surface area contributed by atoms with Crippen molar-refractivity contribution in [1.29, 1.82) is 0 Å². The van der Waals surface area contributed by atoms with Gasteiger partial charge in [0, 0.05) is 25.0 Å². The first kappa shape index (κ1) is 23.6. The van der Waals surface area contributed by atoms with Gasteiger partial charge in [0.05, 0.1) is 24.8 Å². The monoisotopic (exact) mass is 487 g/mol. The fraction of sp³-hybridized carbons (Fsp3) is 0.308. The van der Waals surface area contributed by atoms with Crippen LogP contribution in [-0.2, 0) is 22.7 Å². The number of piperazine rings is 1. The Balaban J connectivity index is 1.43. The molecule has 2 aromatic carbocycles. The zero-order valence-electron chi connectivity index (χ0n) is 20.1. The number of fused-ring (bicyclic) bond motifs is 2. The van der Waals surface area contributed by atoms with Crippen LogP contribution in [0.3, 0.4) is 0 Å². The number of H-pyrrole nitrogens is 1. The molecular weight excluding hydrogens is 458 g/mol. The summed E-state index contributed by atoms with van der Waals surface area (Å²) in [5, 5.41) is 14.3. The molecule has 1 aromatic heterocycles. The van der Waals surface area contributed by atoms with Gasteiger partial charge in [0.25, 0.3) is 0 Å². The SMILES string of the molecule is C=CCN1CC(=O)N2[C@@H](C)C(=O)N(Cc3cccc4cn[nH]c34)C[C@@H]2N1C(=O)NCc1ccccc1. The molecule has 0 unspecified atom stereocenters. The molecule has 3 heterocycles. The Bertz CT molecular complexity index is 1290. The minimum atomic E-state index is -0.701. The normalized spacial score (nSPS) is 20.5. The average Bonchev–Trinajstić information content (AvgIpc) is 3.36. The molecule has 36 heavy (non-hydrogen) atoms. The van der Waals surface area contributed by atoms with E-state index in [2.05, 4.69) is 22.1 Å². The first-order chi connectivity index (χ1) is 17.5. The van der Waals surface area contributed by atoms with Gasteiger partial charge in [-0.2, -0.15) is 5.10 Å². The lowest BCUT2D eigenvalue weighted by molar-refractivity contribution is -0.188. The molecule has 0 bridgehead atoms. The van der Waals surface area contributed by atoms with Crippen molar-refractivity contribution in [2.75, 3.05) is 19.6 Å². The Kier molecular flexibility index (Phi) is 6.43. The van der Waals surface area contributed by atoms with E-state index < -0.39 is 12.2 Å². The lowest BCUT2D eigenvalue weighted by Crippen LogP contribution is -2.75. The van der Waals surface area contributed by atoms with Crippen molar-refractivity contribution in [3.8, 4) is 0 Å². The van der Waals surface area contributed by atoms with Gasteiger partial charge >= 0.3 is 6.03 Å². The number of amides is 4. The quantitative estimate of drug-likeness (QED) is 0.518. The van der Waals surface area contributed by atoms with Gasteiger partial charge in [0.2, 0.25) is 11.8 Å². The van der Waals surface area contributed by atoms with Crippen molar-refractivity contribution in [3.05, 3.63) is 78.5 Å². The molecule has 2 atom stereocenters. The lowest BCUT2D eigenvalue weighted by atomic mass is 10.1. The number of benzene rings is 2. The number of carbonyl (C=O) groups is 3. The van der Waals surface area contributed by atoms with Crippen LogP contribution in [0.1, 0.15) is 18.1 Å². The van der Waals surface area contributed by atoms with Crippen LogP contribution in [0.5, 0.6) is 0 Å². The van der Waals surface area contributed by atoms with Crippen molar-refractivity contribution < 1.29 is 14.4 Å². The van der Waals surface area contributed by atoms with E-state index in [0.29, 0.717) is 19.6 Å². The minimum Gasteiger partial charge on any atom is -0.333 e. The maximum absolute atomic E-state index is 13.5. The highest BCUT2D eigenvalue weighted by molar-refractivity contribution is 5.91. The Morgan fingerprint density at radius 2 is 2.00 bits per heavy atom. The largest absolute Gasteiger partial charge is 0.334 e. The molecule has 2 aliphatic heterocycles. The molecule has 4 amide bonds. The summed E-state index contributed by atoms with van der Waals surface area (Å²) in [6.07, 6.45) is 2.76. The fourth-order valence-electron chi connectivity index (χ4n) is 5.03. The minimum absolute atomic E-state index is 0.00759.